The van der Waals surface area contributed by atoms with Crippen LogP contribution in [0.15, 0.2) is 60.7 Å². The Kier molecular flexibility index (Phi) is 5.38. The van der Waals surface area contributed by atoms with E-state index in [1.54, 1.807) is 30.3 Å². The predicted octanol–water partition coefficient (Wildman–Crippen LogP) is 3.28. The molecule has 0 bridgehead atoms. The Morgan fingerprint density at radius 2 is 1.79 bits per heavy atom. The maximum Gasteiger partial charge on any atom is 0.348 e. The van der Waals surface area contributed by atoms with Crippen molar-refractivity contribution in [2.75, 3.05) is 23.0 Å². The van der Waals surface area contributed by atoms with E-state index >= 15 is 0 Å². The molecule has 1 atom stereocenters. The number of carbonyl (C=O) groups is 2. The highest BCUT2D eigenvalue weighted by Crippen LogP contribution is 2.27. The lowest BCUT2D eigenvalue weighted by Crippen LogP contribution is -2.43. The Morgan fingerprint density at radius 1 is 1.07 bits per heavy atom. The summed E-state index contributed by atoms with van der Waals surface area (Å²) in [7, 11) is -3.17. The van der Waals surface area contributed by atoms with Crippen molar-refractivity contribution in [2.45, 2.75) is 12.5 Å². The van der Waals surface area contributed by atoms with Gasteiger partial charge >= 0.3 is 5.97 Å². The normalized spacial score (nSPS) is 17.9. The SMILES string of the molecule is O=C(OCC(=O)N(c1ccccc1)C1CCS(=O)(=O)C1)c1cc2ccccc2s1. The quantitative estimate of drug-likeness (QED) is 0.582. The summed E-state index contributed by atoms with van der Waals surface area (Å²) in [6, 6.07) is 17.8. The average Bonchev–Trinajstić information content (AvgIpc) is 3.30. The second kappa shape index (κ2) is 7.96. The zero-order valence-electron chi connectivity index (χ0n) is 15.5. The molecule has 1 unspecified atom stereocenters. The third-order valence-electron chi connectivity index (χ3n) is 4.83. The molecule has 29 heavy (non-hydrogen) atoms. The van der Waals surface area contributed by atoms with Crippen molar-refractivity contribution >= 4 is 48.8 Å². The van der Waals surface area contributed by atoms with Crippen molar-refractivity contribution in [3.8, 4) is 0 Å². The van der Waals surface area contributed by atoms with Gasteiger partial charge in [0.25, 0.3) is 5.91 Å². The number of benzene rings is 2. The summed E-state index contributed by atoms with van der Waals surface area (Å²) in [6.45, 7) is -0.446. The van der Waals surface area contributed by atoms with Crippen LogP contribution >= 0.6 is 11.3 Å². The van der Waals surface area contributed by atoms with Gasteiger partial charge in [0.15, 0.2) is 16.4 Å². The molecule has 150 valence electrons. The van der Waals surface area contributed by atoms with Crippen LogP contribution in [0.4, 0.5) is 5.69 Å². The van der Waals surface area contributed by atoms with Gasteiger partial charge in [0.1, 0.15) is 4.88 Å². The molecule has 0 spiro atoms. The van der Waals surface area contributed by atoms with Gasteiger partial charge in [-0.2, -0.15) is 0 Å². The summed E-state index contributed by atoms with van der Waals surface area (Å²) in [5, 5.41) is 0.942. The van der Waals surface area contributed by atoms with Gasteiger partial charge in [-0.15, -0.1) is 11.3 Å². The summed E-state index contributed by atoms with van der Waals surface area (Å²) < 4.78 is 30.1. The van der Waals surface area contributed by atoms with E-state index in [4.69, 9.17) is 4.74 Å². The number of sulfone groups is 1. The van der Waals surface area contributed by atoms with Gasteiger partial charge in [0.05, 0.1) is 17.5 Å². The molecule has 6 nitrogen and oxygen atoms in total. The minimum atomic E-state index is -3.17. The second-order valence-electron chi connectivity index (χ2n) is 6.88. The third-order valence-corrected chi connectivity index (χ3v) is 7.68. The number of fused-ring (bicyclic) bond motifs is 1. The zero-order valence-corrected chi connectivity index (χ0v) is 17.1. The molecule has 1 aliphatic rings. The van der Waals surface area contributed by atoms with Crippen molar-refractivity contribution in [2.24, 2.45) is 0 Å². The first-order valence-corrected chi connectivity index (χ1v) is 11.8. The fourth-order valence-electron chi connectivity index (χ4n) is 3.48. The van der Waals surface area contributed by atoms with E-state index in [-0.39, 0.29) is 11.5 Å². The molecule has 1 saturated heterocycles. The smallest absolute Gasteiger partial charge is 0.348 e. The predicted molar refractivity (Wildman–Crippen MR) is 113 cm³/mol. The molecule has 1 aromatic heterocycles. The topological polar surface area (TPSA) is 80.8 Å². The maximum atomic E-state index is 12.9. The summed E-state index contributed by atoms with van der Waals surface area (Å²) in [5.74, 6) is -1.03. The van der Waals surface area contributed by atoms with Crippen LogP contribution in [-0.4, -0.2) is 44.4 Å². The molecule has 2 heterocycles. The molecule has 0 radical (unpaired) electrons. The highest BCUT2D eigenvalue weighted by Gasteiger charge is 2.35. The van der Waals surface area contributed by atoms with Crippen molar-refractivity contribution in [1.29, 1.82) is 0 Å². The minimum Gasteiger partial charge on any atom is -0.451 e. The first-order chi connectivity index (χ1) is 13.9. The molecule has 0 saturated carbocycles. The van der Waals surface area contributed by atoms with Crippen LogP contribution in [0.1, 0.15) is 16.1 Å². The lowest BCUT2D eigenvalue weighted by molar-refractivity contribution is -0.122. The van der Waals surface area contributed by atoms with Gasteiger partial charge in [0.2, 0.25) is 0 Å². The number of amides is 1. The number of ether oxygens (including phenoxy) is 1. The Labute approximate surface area is 172 Å². The molecule has 3 aromatic rings. The highest BCUT2D eigenvalue weighted by molar-refractivity contribution is 7.91. The molecule has 0 N–H and O–H groups in total. The van der Waals surface area contributed by atoms with Gasteiger partial charge in [0, 0.05) is 10.4 Å². The van der Waals surface area contributed by atoms with Crippen LogP contribution < -0.4 is 4.90 Å². The first-order valence-electron chi connectivity index (χ1n) is 9.16. The van der Waals surface area contributed by atoms with Crippen molar-refractivity contribution in [1.82, 2.24) is 0 Å². The van der Waals surface area contributed by atoms with Crippen LogP contribution in [0.2, 0.25) is 0 Å². The van der Waals surface area contributed by atoms with Crippen molar-refractivity contribution in [3.05, 3.63) is 65.5 Å². The fraction of sp³-hybridized carbons (Fsp3) is 0.238. The number of hydrogen-bond donors (Lipinski definition) is 0. The van der Waals surface area contributed by atoms with Gasteiger partial charge in [-0.1, -0.05) is 36.4 Å². The van der Waals surface area contributed by atoms with E-state index in [1.165, 1.54) is 16.2 Å². The van der Waals surface area contributed by atoms with Crippen LogP contribution in [0.25, 0.3) is 10.1 Å². The van der Waals surface area contributed by atoms with E-state index in [2.05, 4.69) is 0 Å². The summed E-state index contributed by atoms with van der Waals surface area (Å²) >= 11 is 1.31. The monoisotopic (exact) mass is 429 g/mol. The summed E-state index contributed by atoms with van der Waals surface area (Å²) in [6.07, 6.45) is 0.368. The zero-order chi connectivity index (χ0) is 20.4. The molecule has 8 heteroatoms. The number of thiophene rings is 1. The molecule has 1 amide bonds. The average molecular weight is 430 g/mol. The number of nitrogens with zero attached hydrogens (tertiary/aromatic N) is 1. The second-order valence-corrected chi connectivity index (χ2v) is 10.2. The standard InChI is InChI=1S/C21H19NO5S2/c23-20(13-27-21(24)19-12-15-6-4-5-9-18(15)28-19)22(16-7-2-1-3-8-16)17-10-11-29(25,26)14-17/h1-9,12,17H,10-11,13-14H2. The number of rotatable bonds is 5. The van der Waals surface area contributed by atoms with Crippen molar-refractivity contribution in [3.63, 3.8) is 0 Å². The van der Waals surface area contributed by atoms with E-state index < -0.39 is 34.4 Å². The molecule has 1 aliphatic heterocycles. The Hall–Kier alpha value is -2.71. The fourth-order valence-corrected chi connectivity index (χ4v) is 6.13. The van der Waals surface area contributed by atoms with E-state index in [0.29, 0.717) is 17.0 Å². The van der Waals surface area contributed by atoms with E-state index in [0.717, 1.165) is 10.1 Å². The van der Waals surface area contributed by atoms with Crippen LogP contribution in [-0.2, 0) is 19.4 Å². The molecule has 2 aromatic carbocycles. The molecular formula is C21H19NO5S2. The summed E-state index contributed by atoms with van der Waals surface area (Å²) in [4.78, 5) is 27.2. The van der Waals surface area contributed by atoms with Gasteiger partial charge in [-0.3, -0.25) is 4.79 Å². The Morgan fingerprint density at radius 3 is 2.48 bits per heavy atom. The van der Waals surface area contributed by atoms with Gasteiger partial charge < -0.3 is 9.64 Å². The van der Waals surface area contributed by atoms with E-state index in [1.807, 2.05) is 30.3 Å². The number of para-hydroxylation sites is 1. The largest absolute Gasteiger partial charge is 0.451 e. The van der Waals surface area contributed by atoms with Crippen LogP contribution in [0, 0.1) is 0 Å². The van der Waals surface area contributed by atoms with Crippen LogP contribution in [0.5, 0.6) is 0 Å². The molecule has 0 aliphatic carbocycles. The van der Waals surface area contributed by atoms with Crippen LogP contribution in [0.3, 0.4) is 0 Å². The number of anilines is 1. The first kappa shape index (κ1) is 19.6. The summed E-state index contributed by atoms with van der Waals surface area (Å²) in [5.41, 5.74) is 0.595. The molecule has 1 fully saturated rings. The Balaban J connectivity index is 1.50. The number of esters is 1. The highest BCUT2D eigenvalue weighted by atomic mass is 32.2. The lowest BCUT2D eigenvalue weighted by atomic mass is 10.2. The maximum absolute atomic E-state index is 12.9. The van der Waals surface area contributed by atoms with Crippen molar-refractivity contribution < 1.29 is 22.7 Å². The van der Waals surface area contributed by atoms with Gasteiger partial charge in [-0.05, 0) is 36.1 Å². The third kappa shape index (κ3) is 4.33. The molecular weight excluding hydrogens is 410 g/mol. The molecule has 4 rings (SSSR count). The Bertz CT molecular complexity index is 1120. The van der Waals surface area contributed by atoms with Gasteiger partial charge in [-0.25, -0.2) is 13.2 Å². The van der Waals surface area contributed by atoms with E-state index in [9.17, 15) is 18.0 Å². The lowest BCUT2D eigenvalue weighted by Gasteiger charge is -2.28. The number of carbonyl (C=O) groups excluding carboxylic acids is 2. The minimum absolute atomic E-state index is 0.0514. The number of hydrogen-bond acceptors (Lipinski definition) is 6.